The molecule has 4 rings (SSSR count). The maximum atomic E-state index is 12.6. The molecule has 3 atom stereocenters. The minimum Gasteiger partial charge on any atom is -0.361 e. The number of aromatic nitrogens is 3. The van der Waals surface area contributed by atoms with Crippen molar-refractivity contribution in [3.8, 4) is 0 Å². The lowest BCUT2D eigenvalue weighted by Gasteiger charge is -2.26. The Kier molecular flexibility index (Phi) is 4.47. The van der Waals surface area contributed by atoms with Gasteiger partial charge in [-0.1, -0.05) is 24.2 Å². The van der Waals surface area contributed by atoms with E-state index >= 15 is 0 Å². The quantitative estimate of drug-likeness (QED) is 0.848. The van der Waals surface area contributed by atoms with Crippen LogP contribution >= 0.6 is 0 Å². The Morgan fingerprint density at radius 3 is 2.68 bits per heavy atom. The highest BCUT2D eigenvalue weighted by molar-refractivity contribution is 5.92. The third kappa shape index (κ3) is 3.08. The van der Waals surface area contributed by atoms with Crippen molar-refractivity contribution >= 4 is 11.8 Å². The zero-order chi connectivity index (χ0) is 20.1. The molecule has 2 fully saturated rings. The normalized spacial score (nSPS) is 26.7. The van der Waals surface area contributed by atoms with Crippen LogP contribution in [0.5, 0.6) is 0 Å². The van der Waals surface area contributed by atoms with Gasteiger partial charge in [0.1, 0.15) is 5.76 Å². The number of fused-ring (bicyclic) bond motifs is 1. The number of carbonyl (C=O) groups is 2. The van der Waals surface area contributed by atoms with Crippen molar-refractivity contribution in [1.82, 2.24) is 25.5 Å². The summed E-state index contributed by atoms with van der Waals surface area (Å²) in [5.74, 6) is 1.68. The van der Waals surface area contributed by atoms with Gasteiger partial charge in [-0.2, -0.15) is 4.98 Å². The molecule has 0 radical (unpaired) electrons. The topological polar surface area (TPSA) is 114 Å². The predicted octanol–water partition coefficient (Wildman–Crippen LogP) is 1.62. The van der Waals surface area contributed by atoms with Crippen LogP contribution in [0.2, 0.25) is 0 Å². The number of carbonyl (C=O) groups excluding carboxylic acids is 2. The zero-order valence-corrected chi connectivity index (χ0v) is 16.6. The molecule has 1 N–H and O–H groups in total. The van der Waals surface area contributed by atoms with Crippen molar-refractivity contribution in [3.63, 3.8) is 0 Å². The summed E-state index contributed by atoms with van der Waals surface area (Å²) in [6, 6.07) is 1.56. The van der Waals surface area contributed by atoms with Crippen molar-refractivity contribution in [2.45, 2.75) is 52.0 Å². The van der Waals surface area contributed by atoms with Crippen LogP contribution in [0.25, 0.3) is 0 Å². The first-order chi connectivity index (χ1) is 13.3. The lowest BCUT2D eigenvalue weighted by Crippen LogP contribution is -2.40. The van der Waals surface area contributed by atoms with Crippen molar-refractivity contribution in [2.75, 3.05) is 13.1 Å². The predicted molar refractivity (Wildman–Crippen MR) is 97.3 cm³/mol. The molecule has 1 saturated heterocycles. The van der Waals surface area contributed by atoms with Crippen LogP contribution in [0.15, 0.2) is 15.1 Å². The van der Waals surface area contributed by atoms with Gasteiger partial charge in [-0.05, 0) is 32.6 Å². The molecule has 0 bridgehead atoms. The smallest absolute Gasteiger partial charge is 0.273 e. The fourth-order valence-electron chi connectivity index (χ4n) is 4.58. The molecule has 1 aliphatic heterocycles. The molecule has 2 aromatic heterocycles. The molecule has 150 valence electrons. The maximum absolute atomic E-state index is 12.6. The summed E-state index contributed by atoms with van der Waals surface area (Å²) < 4.78 is 10.5. The highest BCUT2D eigenvalue weighted by Crippen LogP contribution is 2.50. The average molecular weight is 387 g/mol. The SMILES string of the molecule is Cc1noc([C@]23C[C@H](NC(=O)c4cc(C)on4)CC2CN(C(=O)C(C)C)C3)n1. The van der Waals surface area contributed by atoms with Gasteiger partial charge in [0.05, 0.1) is 5.41 Å². The first kappa shape index (κ1) is 18.6. The van der Waals surface area contributed by atoms with Gasteiger partial charge >= 0.3 is 0 Å². The van der Waals surface area contributed by atoms with Crippen molar-refractivity contribution in [1.29, 1.82) is 0 Å². The van der Waals surface area contributed by atoms with Crippen LogP contribution in [-0.4, -0.2) is 51.1 Å². The first-order valence-electron chi connectivity index (χ1n) is 9.62. The van der Waals surface area contributed by atoms with Gasteiger partial charge in [0, 0.05) is 31.1 Å². The molecule has 1 saturated carbocycles. The molecule has 2 amide bonds. The molecule has 0 spiro atoms. The lowest BCUT2D eigenvalue weighted by atomic mass is 9.80. The van der Waals surface area contributed by atoms with Gasteiger partial charge in [-0.25, -0.2) is 0 Å². The first-order valence-corrected chi connectivity index (χ1v) is 9.62. The fraction of sp³-hybridized carbons (Fsp3) is 0.632. The van der Waals surface area contributed by atoms with Crippen molar-refractivity contribution in [3.05, 3.63) is 29.2 Å². The van der Waals surface area contributed by atoms with E-state index in [0.29, 0.717) is 37.0 Å². The molecular weight excluding hydrogens is 362 g/mol. The van der Waals surface area contributed by atoms with Crippen LogP contribution in [0.1, 0.15) is 54.7 Å². The van der Waals surface area contributed by atoms with Crippen LogP contribution in [0.4, 0.5) is 0 Å². The number of likely N-dealkylation sites (tertiary alicyclic amines) is 1. The number of nitrogens with zero attached hydrogens (tertiary/aromatic N) is 4. The van der Waals surface area contributed by atoms with Crippen LogP contribution in [0, 0.1) is 25.7 Å². The van der Waals surface area contributed by atoms with Gasteiger partial charge in [0.15, 0.2) is 11.5 Å². The third-order valence-electron chi connectivity index (χ3n) is 5.83. The summed E-state index contributed by atoms with van der Waals surface area (Å²) in [4.78, 5) is 31.4. The Hall–Kier alpha value is -2.71. The molecule has 1 aliphatic carbocycles. The minimum atomic E-state index is -0.427. The van der Waals surface area contributed by atoms with Crippen LogP contribution in [0.3, 0.4) is 0 Å². The van der Waals surface area contributed by atoms with Crippen molar-refractivity contribution < 1.29 is 18.6 Å². The van der Waals surface area contributed by atoms with E-state index in [0.717, 1.165) is 6.42 Å². The third-order valence-corrected chi connectivity index (χ3v) is 5.83. The number of hydrogen-bond donors (Lipinski definition) is 1. The van der Waals surface area contributed by atoms with E-state index in [1.807, 2.05) is 18.7 Å². The summed E-state index contributed by atoms with van der Waals surface area (Å²) in [7, 11) is 0. The molecule has 0 aromatic carbocycles. The van der Waals surface area contributed by atoms with E-state index in [1.54, 1.807) is 19.9 Å². The fourth-order valence-corrected chi connectivity index (χ4v) is 4.58. The van der Waals surface area contributed by atoms with E-state index in [4.69, 9.17) is 9.05 Å². The van der Waals surface area contributed by atoms with Gasteiger partial charge in [0.2, 0.25) is 11.8 Å². The van der Waals surface area contributed by atoms with Crippen LogP contribution in [-0.2, 0) is 10.2 Å². The monoisotopic (exact) mass is 387 g/mol. The Balaban J connectivity index is 1.56. The second-order valence-electron chi connectivity index (χ2n) is 8.31. The molecule has 1 unspecified atom stereocenters. The Labute approximate surface area is 162 Å². The van der Waals surface area contributed by atoms with E-state index in [9.17, 15) is 9.59 Å². The van der Waals surface area contributed by atoms with Crippen molar-refractivity contribution in [2.24, 2.45) is 11.8 Å². The standard InChI is InChI=1S/C19H25N5O4/c1-10(2)17(26)24-8-13-6-14(21-16(25)15-5-11(3)27-23-15)7-19(13,9-24)18-20-12(4)22-28-18/h5,10,13-14H,6-9H2,1-4H3,(H,21,25)/t13?,14-,19+/m1/s1. The van der Waals surface area contributed by atoms with E-state index < -0.39 is 5.41 Å². The second kappa shape index (κ2) is 6.72. The maximum Gasteiger partial charge on any atom is 0.273 e. The largest absolute Gasteiger partial charge is 0.361 e. The molecule has 2 aliphatic rings. The highest BCUT2D eigenvalue weighted by Gasteiger charge is 2.58. The summed E-state index contributed by atoms with van der Waals surface area (Å²) in [5.41, 5.74) is -0.155. The molecular formula is C19H25N5O4. The molecule has 28 heavy (non-hydrogen) atoms. The zero-order valence-electron chi connectivity index (χ0n) is 16.6. The Bertz CT molecular complexity index is 904. The summed E-state index contributed by atoms with van der Waals surface area (Å²) >= 11 is 0. The average Bonchev–Trinajstić information content (AvgIpc) is 3.37. The summed E-state index contributed by atoms with van der Waals surface area (Å²) in [6.07, 6.45) is 1.38. The van der Waals surface area contributed by atoms with Gasteiger partial charge in [0.25, 0.3) is 5.91 Å². The number of amides is 2. The van der Waals surface area contributed by atoms with Gasteiger partial charge in [-0.15, -0.1) is 0 Å². The number of hydrogen-bond acceptors (Lipinski definition) is 7. The number of aryl methyl sites for hydroxylation is 2. The Morgan fingerprint density at radius 1 is 1.29 bits per heavy atom. The molecule has 9 heteroatoms. The Morgan fingerprint density at radius 2 is 2.07 bits per heavy atom. The lowest BCUT2D eigenvalue weighted by molar-refractivity contribution is -0.133. The summed E-state index contributed by atoms with van der Waals surface area (Å²) in [5, 5.41) is 10.8. The van der Waals surface area contributed by atoms with E-state index in [1.165, 1.54) is 0 Å². The molecule has 2 aromatic rings. The second-order valence-corrected chi connectivity index (χ2v) is 8.31. The van der Waals surface area contributed by atoms with Crippen LogP contribution < -0.4 is 5.32 Å². The highest BCUT2D eigenvalue weighted by atomic mass is 16.5. The number of nitrogens with one attached hydrogen (secondary N) is 1. The summed E-state index contributed by atoms with van der Waals surface area (Å²) in [6.45, 7) is 8.51. The van der Waals surface area contributed by atoms with Gasteiger partial charge in [-0.3, -0.25) is 9.59 Å². The number of rotatable bonds is 4. The van der Waals surface area contributed by atoms with Gasteiger partial charge < -0.3 is 19.3 Å². The minimum absolute atomic E-state index is 0.0574. The van der Waals surface area contributed by atoms with E-state index in [-0.39, 0.29) is 35.4 Å². The molecule has 3 heterocycles. The van der Waals surface area contributed by atoms with E-state index in [2.05, 4.69) is 20.6 Å². The molecule has 9 nitrogen and oxygen atoms in total.